The summed E-state index contributed by atoms with van der Waals surface area (Å²) in [5.41, 5.74) is 0.512. The molecule has 1 atom stereocenters. The van der Waals surface area contributed by atoms with E-state index in [1.165, 1.54) is 30.6 Å². The second-order valence-electron chi connectivity index (χ2n) is 4.91. The molecule has 0 spiro atoms. The van der Waals surface area contributed by atoms with Gasteiger partial charge in [-0.1, -0.05) is 0 Å². The van der Waals surface area contributed by atoms with Crippen LogP contribution in [0.4, 0.5) is 10.5 Å². The Morgan fingerprint density at radius 2 is 2.00 bits per heavy atom. The lowest BCUT2D eigenvalue weighted by Gasteiger charge is -2.14. The van der Waals surface area contributed by atoms with Crippen LogP contribution in [-0.4, -0.2) is 41.5 Å². The molecule has 1 aromatic carbocycles. The van der Waals surface area contributed by atoms with Crippen LogP contribution in [0.3, 0.4) is 0 Å². The summed E-state index contributed by atoms with van der Waals surface area (Å²) in [6.07, 6.45) is 4.13. The standard InChI is InChI=1S/C13H17N5O3S/c1-10(7-18-9-14-8-15-18)16-13(19)17-11-3-5-12(6-4-11)22(2,20)21/h3-6,8-10H,7H2,1-2H3,(H2,16,17,19)/t10-/m1/s1. The molecule has 118 valence electrons. The Morgan fingerprint density at radius 1 is 1.32 bits per heavy atom. The van der Waals surface area contributed by atoms with Gasteiger partial charge in [-0.25, -0.2) is 18.2 Å². The maximum atomic E-state index is 11.8. The smallest absolute Gasteiger partial charge is 0.319 e. The highest BCUT2D eigenvalue weighted by Crippen LogP contribution is 2.13. The molecular formula is C13H17N5O3S. The van der Waals surface area contributed by atoms with Crippen LogP contribution >= 0.6 is 0 Å². The molecule has 1 aromatic heterocycles. The quantitative estimate of drug-likeness (QED) is 0.850. The highest BCUT2D eigenvalue weighted by Gasteiger charge is 2.10. The van der Waals surface area contributed by atoms with Gasteiger partial charge in [0.05, 0.1) is 11.4 Å². The largest absolute Gasteiger partial charge is 0.334 e. The molecule has 2 rings (SSSR count). The first kappa shape index (κ1) is 16.0. The van der Waals surface area contributed by atoms with Crippen molar-refractivity contribution in [3.63, 3.8) is 0 Å². The Balaban J connectivity index is 1.89. The third-order valence-corrected chi connectivity index (χ3v) is 3.97. The number of aromatic nitrogens is 3. The minimum absolute atomic E-state index is 0.142. The number of nitrogens with zero attached hydrogens (tertiary/aromatic N) is 3. The van der Waals surface area contributed by atoms with E-state index in [1.54, 1.807) is 11.0 Å². The van der Waals surface area contributed by atoms with Crippen molar-refractivity contribution in [2.45, 2.75) is 24.4 Å². The molecule has 0 aliphatic carbocycles. The molecule has 9 heteroatoms. The molecule has 1 heterocycles. The van der Waals surface area contributed by atoms with Gasteiger partial charge in [0.1, 0.15) is 12.7 Å². The summed E-state index contributed by atoms with van der Waals surface area (Å²) in [7, 11) is -3.24. The zero-order valence-corrected chi connectivity index (χ0v) is 13.0. The Hall–Kier alpha value is -2.42. The molecule has 2 amide bonds. The Labute approximate surface area is 128 Å². The number of benzene rings is 1. The van der Waals surface area contributed by atoms with Crippen molar-refractivity contribution in [3.05, 3.63) is 36.9 Å². The first-order chi connectivity index (χ1) is 10.3. The average molecular weight is 323 g/mol. The van der Waals surface area contributed by atoms with E-state index in [-0.39, 0.29) is 17.0 Å². The van der Waals surface area contributed by atoms with Gasteiger partial charge < -0.3 is 10.6 Å². The molecular weight excluding hydrogens is 306 g/mol. The summed E-state index contributed by atoms with van der Waals surface area (Å²) in [6, 6.07) is 5.46. The Kier molecular flexibility index (Phi) is 4.76. The predicted octanol–water partition coefficient (Wildman–Crippen LogP) is 0.892. The number of sulfone groups is 1. The highest BCUT2D eigenvalue weighted by molar-refractivity contribution is 7.90. The molecule has 0 aliphatic heterocycles. The average Bonchev–Trinajstić information content (AvgIpc) is 2.90. The van der Waals surface area contributed by atoms with Crippen LogP contribution < -0.4 is 10.6 Å². The van der Waals surface area contributed by atoms with Gasteiger partial charge in [-0.2, -0.15) is 5.10 Å². The monoisotopic (exact) mass is 323 g/mol. The third kappa shape index (κ3) is 4.55. The number of amides is 2. The lowest BCUT2D eigenvalue weighted by molar-refractivity contribution is 0.247. The van der Waals surface area contributed by atoms with E-state index in [0.29, 0.717) is 12.2 Å². The third-order valence-electron chi connectivity index (χ3n) is 2.85. The first-order valence-corrected chi connectivity index (χ1v) is 8.44. The zero-order chi connectivity index (χ0) is 16.2. The minimum atomic E-state index is -3.24. The van der Waals surface area contributed by atoms with Crippen molar-refractivity contribution in [2.75, 3.05) is 11.6 Å². The summed E-state index contributed by atoms with van der Waals surface area (Å²) < 4.78 is 24.3. The molecule has 0 radical (unpaired) electrons. The number of hydrogen-bond acceptors (Lipinski definition) is 5. The van der Waals surface area contributed by atoms with Crippen LogP contribution in [0.15, 0.2) is 41.8 Å². The topological polar surface area (TPSA) is 106 Å². The SMILES string of the molecule is C[C@H](Cn1cncn1)NC(=O)Nc1ccc(S(C)(=O)=O)cc1. The molecule has 0 unspecified atom stereocenters. The Bertz CT molecular complexity index is 726. The predicted molar refractivity (Wildman–Crippen MR) is 81.2 cm³/mol. The fraction of sp³-hybridized carbons (Fsp3) is 0.308. The summed E-state index contributed by atoms with van der Waals surface area (Å²) in [5, 5.41) is 9.35. The fourth-order valence-electron chi connectivity index (χ4n) is 1.83. The second-order valence-corrected chi connectivity index (χ2v) is 6.93. The first-order valence-electron chi connectivity index (χ1n) is 6.54. The maximum absolute atomic E-state index is 11.8. The van der Waals surface area contributed by atoms with Gasteiger partial charge in [0, 0.05) is 18.0 Å². The van der Waals surface area contributed by atoms with Gasteiger partial charge in [-0.15, -0.1) is 0 Å². The molecule has 0 saturated heterocycles. The number of nitrogens with one attached hydrogen (secondary N) is 2. The van der Waals surface area contributed by atoms with E-state index in [0.717, 1.165) is 6.26 Å². The summed E-state index contributed by atoms with van der Waals surface area (Å²) >= 11 is 0. The highest BCUT2D eigenvalue weighted by atomic mass is 32.2. The van der Waals surface area contributed by atoms with Crippen LogP contribution in [0.25, 0.3) is 0 Å². The van der Waals surface area contributed by atoms with E-state index >= 15 is 0 Å². The minimum Gasteiger partial charge on any atom is -0.334 e. The summed E-state index contributed by atoms with van der Waals surface area (Å²) in [4.78, 5) is 15.9. The Morgan fingerprint density at radius 3 is 2.55 bits per heavy atom. The van der Waals surface area contributed by atoms with Crippen LogP contribution in [0.5, 0.6) is 0 Å². The lowest BCUT2D eigenvalue weighted by atomic mass is 10.3. The van der Waals surface area contributed by atoms with Gasteiger partial charge in [0.2, 0.25) is 0 Å². The van der Waals surface area contributed by atoms with E-state index < -0.39 is 9.84 Å². The van der Waals surface area contributed by atoms with Gasteiger partial charge in [-0.05, 0) is 31.2 Å². The molecule has 2 aromatic rings. The van der Waals surface area contributed by atoms with Crippen LogP contribution in [0.2, 0.25) is 0 Å². The van der Waals surface area contributed by atoms with E-state index in [1.807, 2.05) is 6.92 Å². The van der Waals surface area contributed by atoms with E-state index in [9.17, 15) is 13.2 Å². The molecule has 0 bridgehead atoms. The van der Waals surface area contributed by atoms with Crippen LogP contribution in [-0.2, 0) is 16.4 Å². The number of carbonyl (C=O) groups excluding carboxylic acids is 1. The van der Waals surface area contributed by atoms with Crippen molar-refractivity contribution in [3.8, 4) is 0 Å². The van der Waals surface area contributed by atoms with Gasteiger partial charge in [0.25, 0.3) is 0 Å². The van der Waals surface area contributed by atoms with Crippen molar-refractivity contribution in [1.29, 1.82) is 0 Å². The maximum Gasteiger partial charge on any atom is 0.319 e. The fourth-order valence-corrected chi connectivity index (χ4v) is 2.46. The van der Waals surface area contributed by atoms with E-state index in [2.05, 4.69) is 20.7 Å². The van der Waals surface area contributed by atoms with Crippen molar-refractivity contribution in [1.82, 2.24) is 20.1 Å². The molecule has 2 N–H and O–H groups in total. The lowest BCUT2D eigenvalue weighted by Crippen LogP contribution is -2.38. The molecule has 0 aliphatic rings. The van der Waals surface area contributed by atoms with E-state index in [4.69, 9.17) is 0 Å². The van der Waals surface area contributed by atoms with Crippen molar-refractivity contribution < 1.29 is 13.2 Å². The molecule has 0 saturated carbocycles. The van der Waals surface area contributed by atoms with Crippen molar-refractivity contribution in [2.24, 2.45) is 0 Å². The number of rotatable bonds is 5. The summed E-state index contributed by atoms with van der Waals surface area (Å²) in [5.74, 6) is 0. The van der Waals surface area contributed by atoms with Crippen LogP contribution in [0.1, 0.15) is 6.92 Å². The molecule has 22 heavy (non-hydrogen) atoms. The van der Waals surface area contributed by atoms with Gasteiger partial charge in [-0.3, -0.25) is 4.68 Å². The number of carbonyl (C=O) groups is 1. The van der Waals surface area contributed by atoms with Gasteiger partial charge >= 0.3 is 6.03 Å². The van der Waals surface area contributed by atoms with Crippen LogP contribution in [0, 0.1) is 0 Å². The molecule has 8 nitrogen and oxygen atoms in total. The summed E-state index contributed by atoms with van der Waals surface area (Å²) in [6.45, 7) is 2.34. The normalized spacial score (nSPS) is 12.6. The number of hydrogen-bond donors (Lipinski definition) is 2. The number of anilines is 1. The second kappa shape index (κ2) is 6.56. The molecule has 0 fully saturated rings. The van der Waals surface area contributed by atoms with Crippen molar-refractivity contribution >= 4 is 21.6 Å². The zero-order valence-electron chi connectivity index (χ0n) is 12.2. The number of urea groups is 1. The van der Waals surface area contributed by atoms with Gasteiger partial charge in [0.15, 0.2) is 9.84 Å².